The molecule has 2 nitrogen and oxygen atoms in total. The maximum absolute atomic E-state index is 13.8. The number of hydrogen-bond donors (Lipinski definition) is 1. The number of phenols is 1. The van der Waals surface area contributed by atoms with E-state index >= 15 is 0 Å². The Labute approximate surface area is 201 Å². The van der Waals surface area contributed by atoms with Gasteiger partial charge in [-0.15, -0.1) is 0 Å². The van der Waals surface area contributed by atoms with Crippen molar-refractivity contribution in [2.24, 2.45) is 10.9 Å². The minimum atomic E-state index is -6.72. The summed E-state index contributed by atoms with van der Waals surface area (Å²) in [4.78, 5) is 2.53. The van der Waals surface area contributed by atoms with Crippen molar-refractivity contribution in [3.8, 4) is 5.75 Å². The molecule has 208 valence electrons. The SMILES string of the molecule is CC(C)(C)c1cc(CCCN=C(C(C(F)(F)F)C(F)(F)F)C(F)(F)C(F)(F)F)cc(C(C)(C)C)c1O. The quantitative estimate of drug-likeness (QED) is 0.219. The van der Waals surface area contributed by atoms with E-state index in [1.807, 2.05) is 0 Å². The van der Waals surface area contributed by atoms with Crippen molar-refractivity contribution >= 4 is 5.71 Å². The average Bonchev–Trinajstić information content (AvgIpc) is 2.59. The Balaban J connectivity index is 3.45. The lowest BCUT2D eigenvalue weighted by Crippen LogP contribution is -2.55. The molecule has 0 bridgehead atoms. The summed E-state index contributed by atoms with van der Waals surface area (Å²) in [6.07, 6.45) is -20.2. The van der Waals surface area contributed by atoms with Crippen LogP contribution in [0.1, 0.15) is 64.7 Å². The van der Waals surface area contributed by atoms with Crippen LogP contribution in [0.5, 0.6) is 5.75 Å². The third-order valence-corrected chi connectivity index (χ3v) is 5.30. The standard InChI is InChI=1S/C23H28F11NO/c1-18(2,3)13-10-12(11-14(15(13)36)19(4,5)6)8-7-9-35-17(20(24,25)23(32,33)34)16(21(26,27)28)22(29,30)31/h10-11,16,36H,7-9H2,1-6H3. The van der Waals surface area contributed by atoms with Gasteiger partial charge in [-0.2, -0.15) is 48.3 Å². The van der Waals surface area contributed by atoms with Crippen LogP contribution in [0.25, 0.3) is 0 Å². The third kappa shape index (κ3) is 7.47. The Kier molecular flexibility index (Phi) is 8.87. The molecular formula is C23H28F11NO. The fourth-order valence-electron chi connectivity index (χ4n) is 3.48. The average molecular weight is 543 g/mol. The van der Waals surface area contributed by atoms with Crippen LogP contribution in [-0.4, -0.2) is 41.8 Å². The summed E-state index contributed by atoms with van der Waals surface area (Å²) in [6.45, 7) is 9.53. The van der Waals surface area contributed by atoms with E-state index in [0.29, 0.717) is 16.7 Å². The molecular weight excluding hydrogens is 515 g/mol. The molecule has 0 aliphatic rings. The lowest BCUT2D eigenvalue weighted by molar-refractivity contribution is -0.280. The maximum Gasteiger partial charge on any atom is 0.459 e. The van der Waals surface area contributed by atoms with Crippen molar-refractivity contribution in [1.82, 2.24) is 0 Å². The van der Waals surface area contributed by atoms with Gasteiger partial charge in [-0.05, 0) is 40.4 Å². The van der Waals surface area contributed by atoms with Gasteiger partial charge in [0.2, 0.25) is 0 Å². The van der Waals surface area contributed by atoms with Gasteiger partial charge >= 0.3 is 24.5 Å². The molecule has 13 heteroatoms. The molecule has 0 fully saturated rings. The Morgan fingerprint density at radius 3 is 1.44 bits per heavy atom. The number of aromatic hydroxyl groups is 1. The topological polar surface area (TPSA) is 32.6 Å². The number of hydrogen-bond acceptors (Lipinski definition) is 2. The van der Waals surface area contributed by atoms with E-state index in [1.165, 1.54) is 12.1 Å². The molecule has 0 unspecified atom stereocenters. The van der Waals surface area contributed by atoms with Crippen LogP contribution in [0.2, 0.25) is 0 Å². The van der Waals surface area contributed by atoms with Gasteiger partial charge in [-0.1, -0.05) is 53.7 Å². The van der Waals surface area contributed by atoms with Gasteiger partial charge in [-0.25, -0.2) is 0 Å². The summed E-state index contributed by atoms with van der Waals surface area (Å²) in [7, 11) is 0. The first kappa shape index (κ1) is 31.9. The van der Waals surface area contributed by atoms with Crippen LogP contribution in [0.4, 0.5) is 48.3 Å². The largest absolute Gasteiger partial charge is 0.507 e. The maximum atomic E-state index is 13.8. The van der Waals surface area contributed by atoms with Gasteiger partial charge in [0.15, 0.2) is 5.92 Å². The lowest BCUT2D eigenvalue weighted by atomic mass is 9.78. The first-order valence-corrected chi connectivity index (χ1v) is 10.7. The second-order valence-corrected chi connectivity index (χ2v) is 10.5. The van der Waals surface area contributed by atoms with E-state index in [1.54, 1.807) is 41.5 Å². The lowest BCUT2D eigenvalue weighted by Gasteiger charge is -2.30. The van der Waals surface area contributed by atoms with Crippen LogP contribution in [0.3, 0.4) is 0 Å². The summed E-state index contributed by atoms with van der Waals surface area (Å²) in [6, 6.07) is 3.07. The molecule has 0 amide bonds. The van der Waals surface area contributed by atoms with E-state index in [2.05, 4.69) is 4.99 Å². The number of halogens is 11. The van der Waals surface area contributed by atoms with E-state index in [-0.39, 0.29) is 12.2 Å². The Morgan fingerprint density at radius 1 is 0.750 bits per heavy atom. The molecule has 0 saturated carbocycles. The molecule has 0 radical (unpaired) electrons. The second-order valence-electron chi connectivity index (χ2n) is 10.5. The number of aliphatic imine (C=N–C) groups is 1. The number of aryl methyl sites for hydroxylation is 1. The summed E-state index contributed by atoms with van der Waals surface area (Å²) in [5.74, 6) is -11.6. The number of phenolic OH excluding ortho intramolecular Hbond substituents is 1. The van der Waals surface area contributed by atoms with Gasteiger partial charge in [0.1, 0.15) is 11.5 Å². The highest BCUT2D eigenvalue weighted by molar-refractivity contribution is 5.95. The van der Waals surface area contributed by atoms with E-state index in [4.69, 9.17) is 0 Å². The molecule has 0 atom stereocenters. The highest BCUT2D eigenvalue weighted by Gasteiger charge is 2.71. The predicted molar refractivity (Wildman–Crippen MR) is 113 cm³/mol. The summed E-state index contributed by atoms with van der Waals surface area (Å²) in [5, 5.41) is 10.7. The monoisotopic (exact) mass is 543 g/mol. The molecule has 0 spiro atoms. The van der Waals surface area contributed by atoms with Gasteiger partial charge in [0, 0.05) is 6.54 Å². The molecule has 1 rings (SSSR count). The summed E-state index contributed by atoms with van der Waals surface area (Å²) >= 11 is 0. The normalized spacial score (nSPS) is 15.1. The molecule has 1 N–H and O–H groups in total. The fourth-order valence-corrected chi connectivity index (χ4v) is 3.48. The number of nitrogens with zero attached hydrogens (tertiary/aromatic N) is 1. The Bertz CT molecular complexity index is 894. The molecule has 0 aliphatic carbocycles. The number of rotatable bonds is 6. The van der Waals surface area contributed by atoms with E-state index in [9.17, 15) is 53.4 Å². The smallest absolute Gasteiger partial charge is 0.459 e. The zero-order valence-corrected chi connectivity index (χ0v) is 20.4. The third-order valence-electron chi connectivity index (χ3n) is 5.30. The zero-order valence-electron chi connectivity index (χ0n) is 20.4. The van der Waals surface area contributed by atoms with Crippen LogP contribution >= 0.6 is 0 Å². The highest BCUT2D eigenvalue weighted by atomic mass is 19.4. The second kappa shape index (κ2) is 10.00. The van der Waals surface area contributed by atoms with Crippen molar-refractivity contribution < 1.29 is 53.4 Å². The van der Waals surface area contributed by atoms with Crippen molar-refractivity contribution in [3.63, 3.8) is 0 Å². The van der Waals surface area contributed by atoms with Crippen LogP contribution in [0, 0.1) is 5.92 Å². The first-order valence-electron chi connectivity index (χ1n) is 10.7. The van der Waals surface area contributed by atoms with Crippen LogP contribution in [-0.2, 0) is 17.3 Å². The minimum Gasteiger partial charge on any atom is -0.507 e. The molecule has 1 aromatic carbocycles. The van der Waals surface area contributed by atoms with Crippen molar-refractivity contribution in [2.75, 3.05) is 6.54 Å². The van der Waals surface area contributed by atoms with Crippen LogP contribution < -0.4 is 0 Å². The number of benzene rings is 1. The van der Waals surface area contributed by atoms with Gasteiger partial charge < -0.3 is 5.11 Å². The molecule has 0 aromatic heterocycles. The molecule has 0 heterocycles. The van der Waals surface area contributed by atoms with Crippen molar-refractivity contribution in [2.45, 2.75) is 89.7 Å². The zero-order chi connectivity index (χ0) is 28.7. The highest BCUT2D eigenvalue weighted by Crippen LogP contribution is 2.48. The first-order chi connectivity index (χ1) is 15.7. The fraction of sp³-hybridized carbons (Fsp3) is 0.696. The predicted octanol–water partition coefficient (Wildman–Crippen LogP) is 8.30. The molecule has 1 aromatic rings. The van der Waals surface area contributed by atoms with E-state index in [0.717, 1.165) is 0 Å². The van der Waals surface area contributed by atoms with Gasteiger partial charge in [0.05, 0.1) is 0 Å². The van der Waals surface area contributed by atoms with Crippen LogP contribution in [0.15, 0.2) is 17.1 Å². The Morgan fingerprint density at radius 2 is 1.14 bits per heavy atom. The van der Waals surface area contributed by atoms with E-state index < -0.39 is 59.9 Å². The molecule has 0 saturated heterocycles. The molecule has 0 aliphatic heterocycles. The van der Waals surface area contributed by atoms with Gasteiger partial charge in [0.25, 0.3) is 0 Å². The van der Waals surface area contributed by atoms with Gasteiger partial charge in [-0.3, -0.25) is 4.99 Å². The molecule has 36 heavy (non-hydrogen) atoms. The minimum absolute atomic E-state index is 0.0120. The summed E-state index contributed by atoms with van der Waals surface area (Å²) < 4.78 is 144. The van der Waals surface area contributed by atoms with Crippen molar-refractivity contribution in [1.29, 1.82) is 0 Å². The van der Waals surface area contributed by atoms with Crippen molar-refractivity contribution in [3.05, 3.63) is 28.8 Å². The Hall–Kier alpha value is -2.08. The number of alkyl halides is 11. The summed E-state index contributed by atoms with van der Waals surface area (Å²) in [5.41, 5.74) is -3.09.